The van der Waals surface area contributed by atoms with Crippen molar-refractivity contribution in [3.05, 3.63) is 0 Å². The molecule has 1 aliphatic heterocycles. The summed E-state index contributed by atoms with van der Waals surface area (Å²) in [6.07, 6.45) is 1.04. The van der Waals surface area contributed by atoms with Crippen LogP contribution in [0.15, 0.2) is 0 Å². The van der Waals surface area contributed by atoms with E-state index < -0.39 is 11.4 Å². The molecule has 1 aliphatic rings. The van der Waals surface area contributed by atoms with Crippen molar-refractivity contribution in [2.75, 3.05) is 11.5 Å². The molecule has 1 saturated heterocycles. The minimum Gasteiger partial charge on any atom is -0.481 e. The zero-order valence-electron chi connectivity index (χ0n) is 10.7. The third-order valence-corrected chi connectivity index (χ3v) is 4.75. The van der Waals surface area contributed by atoms with E-state index in [-0.39, 0.29) is 24.3 Å². The number of carboxylic acids is 1. The fraction of sp³-hybridized carbons (Fsp3) is 0.833. The van der Waals surface area contributed by atoms with Crippen molar-refractivity contribution in [1.29, 1.82) is 0 Å². The van der Waals surface area contributed by atoms with Gasteiger partial charge in [0.2, 0.25) is 5.91 Å². The van der Waals surface area contributed by atoms with Gasteiger partial charge in [0.25, 0.3) is 0 Å². The Bertz CT molecular complexity index is 300. The van der Waals surface area contributed by atoms with Crippen LogP contribution in [0.25, 0.3) is 0 Å². The molecule has 98 valence electrons. The molecule has 0 radical (unpaired) electrons. The Balaban J connectivity index is 2.55. The lowest BCUT2D eigenvalue weighted by Crippen LogP contribution is -2.42. The van der Waals surface area contributed by atoms with Gasteiger partial charge in [-0.25, -0.2) is 0 Å². The largest absolute Gasteiger partial charge is 0.481 e. The van der Waals surface area contributed by atoms with E-state index in [1.807, 2.05) is 25.6 Å². The van der Waals surface area contributed by atoms with E-state index in [2.05, 4.69) is 5.32 Å². The molecular weight excluding hydrogens is 238 g/mol. The van der Waals surface area contributed by atoms with Crippen LogP contribution in [0.1, 0.15) is 33.6 Å². The summed E-state index contributed by atoms with van der Waals surface area (Å²) in [4.78, 5) is 23.1. The molecule has 0 saturated carbocycles. The smallest absolute Gasteiger partial charge is 0.310 e. The number of carbonyl (C=O) groups is 2. The van der Waals surface area contributed by atoms with Gasteiger partial charge in [-0.2, -0.15) is 11.8 Å². The van der Waals surface area contributed by atoms with Gasteiger partial charge < -0.3 is 10.4 Å². The Labute approximate surface area is 107 Å². The number of thioether (sulfide) groups is 1. The van der Waals surface area contributed by atoms with Gasteiger partial charge in [-0.1, -0.05) is 13.8 Å². The van der Waals surface area contributed by atoms with E-state index in [1.165, 1.54) is 0 Å². The van der Waals surface area contributed by atoms with E-state index in [1.54, 1.807) is 6.92 Å². The van der Waals surface area contributed by atoms with Crippen molar-refractivity contribution < 1.29 is 14.7 Å². The SMILES string of the molecule is CC(C)C(C)(CC(=O)NC1CCSC1)C(=O)O. The second-order valence-electron chi connectivity index (χ2n) is 5.18. The van der Waals surface area contributed by atoms with Crippen LogP contribution in [0.3, 0.4) is 0 Å². The van der Waals surface area contributed by atoms with Crippen LogP contribution in [-0.2, 0) is 9.59 Å². The van der Waals surface area contributed by atoms with Crippen LogP contribution in [0.2, 0.25) is 0 Å². The second kappa shape index (κ2) is 5.76. The van der Waals surface area contributed by atoms with Crippen LogP contribution in [0.4, 0.5) is 0 Å². The number of hydrogen-bond donors (Lipinski definition) is 2. The average molecular weight is 259 g/mol. The number of carbonyl (C=O) groups excluding carboxylic acids is 1. The first kappa shape index (κ1) is 14.4. The summed E-state index contributed by atoms with van der Waals surface area (Å²) in [5.74, 6) is 0.908. The molecule has 4 nitrogen and oxygen atoms in total. The van der Waals surface area contributed by atoms with Crippen molar-refractivity contribution in [3.8, 4) is 0 Å². The van der Waals surface area contributed by atoms with Gasteiger partial charge in [-0.15, -0.1) is 0 Å². The topological polar surface area (TPSA) is 66.4 Å². The van der Waals surface area contributed by atoms with Gasteiger partial charge in [-0.05, 0) is 25.0 Å². The third-order valence-electron chi connectivity index (χ3n) is 3.59. The highest BCUT2D eigenvalue weighted by Crippen LogP contribution is 2.31. The summed E-state index contributed by atoms with van der Waals surface area (Å²) < 4.78 is 0. The molecule has 2 unspecified atom stereocenters. The summed E-state index contributed by atoms with van der Waals surface area (Å²) in [7, 11) is 0. The fourth-order valence-electron chi connectivity index (χ4n) is 1.79. The van der Waals surface area contributed by atoms with E-state index in [9.17, 15) is 14.7 Å². The minimum absolute atomic E-state index is 0.0567. The van der Waals surface area contributed by atoms with Crippen LogP contribution in [-0.4, -0.2) is 34.5 Å². The molecule has 0 spiro atoms. The van der Waals surface area contributed by atoms with Gasteiger partial charge in [0.1, 0.15) is 0 Å². The molecule has 5 heteroatoms. The molecule has 0 aromatic rings. The first-order valence-electron chi connectivity index (χ1n) is 5.96. The molecule has 1 heterocycles. The molecule has 0 aromatic heterocycles. The number of amides is 1. The minimum atomic E-state index is -0.976. The molecule has 0 aromatic carbocycles. The molecule has 0 bridgehead atoms. The highest BCUT2D eigenvalue weighted by atomic mass is 32.2. The second-order valence-corrected chi connectivity index (χ2v) is 6.33. The van der Waals surface area contributed by atoms with Gasteiger partial charge in [0, 0.05) is 18.2 Å². The molecule has 1 amide bonds. The molecule has 0 aliphatic carbocycles. The van der Waals surface area contributed by atoms with Crippen molar-refractivity contribution in [2.45, 2.75) is 39.7 Å². The monoisotopic (exact) mass is 259 g/mol. The number of carboxylic acid groups (broad SMARTS) is 1. The zero-order valence-corrected chi connectivity index (χ0v) is 11.5. The molecular formula is C12H21NO3S. The van der Waals surface area contributed by atoms with Gasteiger partial charge in [0.15, 0.2) is 0 Å². The van der Waals surface area contributed by atoms with E-state index in [0.29, 0.717) is 0 Å². The highest BCUT2D eigenvalue weighted by Gasteiger charge is 2.39. The van der Waals surface area contributed by atoms with Gasteiger partial charge in [-0.3, -0.25) is 9.59 Å². The van der Waals surface area contributed by atoms with Crippen molar-refractivity contribution >= 4 is 23.6 Å². The summed E-state index contributed by atoms with van der Waals surface area (Å²) >= 11 is 1.82. The number of nitrogens with one attached hydrogen (secondary N) is 1. The zero-order chi connectivity index (χ0) is 13.1. The Morgan fingerprint density at radius 3 is 2.59 bits per heavy atom. The van der Waals surface area contributed by atoms with Crippen molar-refractivity contribution in [3.63, 3.8) is 0 Å². The maximum atomic E-state index is 11.8. The average Bonchev–Trinajstić information content (AvgIpc) is 2.69. The summed E-state index contributed by atoms with van der Waals surface area (Å²) in [6, 6.07) is 0.220. The molecule has 2 N–H and O–H groups in total. The van der Waals surface area contributed by atoms with Gasteiger partial charge in [0.05, 0.1) is 5.41 Å². The highest BCUT2D eigenvalue weighted by molar-refractivity contribution is 7.99. The first-order valence-corrected chi connectivity index (χ1v) is 7.12. The number of aliphatic carboxylic acids is 1. The lowest BCUT2D eigenvalue weighted by molar-refractivity contribution is -0.153. The van der Waals surface area contributed by atoms with Crippen molar-refractivity contribution in [2.24, 2.45) is 11.3 Å². The summed E-state index contributed by atoms with van der Waals surface area (Å²) in [5, 5.41) is 12.1. The van der Waals surface area contributed by atoms with E-state index >= 15 is 0 Å². The number of rotatable bonds is 5. The fourth-order valence-corrected chi connectivity index (χ4v) is 2.94. The van der Waals surface area contributed by atoms with Crippen LogP contribution in [0, 0.1) is 11.3 Å². The Morgan fingerprint density at radius 2 is 2.18 bits per heavy atom. The Morgan fingerprint density at radius 1 is 1.53 bits per heavy atom. The normalized spacial score (nSPS) is 23.4. The first-order chi connectivity index (χ1) is 7.86. The molecule has 1 rings (SSSR count). The summed E-state index contributed by atoms with van der Waals surface area (Å²) in [5.41, 5.74) is -0.976. The molecule has 1 fully saturated rings. The Kier molecular flexibility index (Phi) is 4.86. The lowest BCUT2D eigenvalue weighted by Gasteiger charge is -2.28. The van der Waals surface area contributed by atoms with Crippen molar-refractivity contribution in [1.82, 2.24) is 5.32 Å². The van der Waals surface area contributed by atoms with E-state index in [4.69, 9.17) is 0 Å². The van der Waals surface area contributed by atoms with Gasteiger partial charge >= 0.3 is 5.97 Å². The quantitative estimate of drug-likeness (QED) is 0.789. The maximum absolute atomic E-state index is 11.8. The predicted octanol–water partition coefficient (Wildman–Crippen LogP) is 1.75. The number of hydrogen-bond acceptors (Lipinski definition) is 3. The standard InChI is InChI=1S/C12H21NO3S/c1-8(2)12(3,11(15)16)6-10(14)13-9-4-5-17-7-9/h8-9H,4-7H2,1-3H3,(H,13,14)(H,15,16). The molecule has 17 heavy (non-hydrogen) atoms. The molecule has 2 atom stereocenters. The Hall–Kier alpha value is -0.710. The van der Waals surface area contributed by atoms with Crippen LogP contribution in [0.5, 0.6) is 0 Å². The van der Waals surface area contributed by atoms with E-state index in [0.717, 1.165) is 17.9 Å². The maximum Gasteiger partial charge on any atom is 0.310 e. The summed E-state index contributed by atoms with van der Waals surface area (Å²) in [6.45, 7) is 5.32. The van der Waals surface area contributed by atoms with Crippen LogP contribution < -0.4 is 5.32 Å². The third kappa shape index (κ3) is 3.63. The lowest BCUT2D eigenvalue weighted by atomic mass is 9.76. The van der Waals surface area contributed by atoms with Crippen LogP contribution >= 0.6 is 11.8 Å². The predicted molar refractivity (Wildman–Crippen MR) is 69.1 cm³/mol.